The maximum Gasteiger partial charge on any atom is 0.175 e. The summed E-state index contributed by atoms with van der Waals surface area (Å²) in [6.07, 6.45) is 2.24. The maximum atomic E-state index is 11.5. The van der Waals surface area contributed by atoms with Crippen LogP contribution in [0, 0.1) is 0 Å². The molecule has 6 heteroatoms. The predicted molar refractivity (Wildman–Crippen MR) is 83.0 cm³/mol. The molecule has 0 amide bonds. The minimum absolute atomic E-state index is 0.00518. The van der Waals surface area contributed by atoms with Crippen LogP contribution >= 0.6 is 0 Å². The highest BCUT2D eigenvalue weighted by Crippen LogP contribution is 2.29. The van der Waals surface area contributed by atoms with Crippen molar-refractivity contribution in [3.63, 3.8) is 0 Å². The Kier molecular flexibility index (Phi) is 5.03. The molecule has 1 unspecified atom stereocenters. The van der Waals surface area contributed by atoms with E-state index >= 15 is 0 Å². The van der Waals surface area contributed by atoms with Gasteiger partial charge in [-0.3, -0.25) is 4.90 Å². The Balaban J connectivity index is 2.30. The SMILES string of the molecule is CC(CO)(c1ccc(S(C)(=O)=O)cc1)N1CCCNCC1. The van der Waals surface area contributed by atoms with E-state index in [4.69, 9.17) is 0 Å². The van der Waals surface area contributed by atoms with Crippen LogP contribution < -0.4 is 5.32 Å². The molecule has 1 aliphatic rings. The van der Waals surface area contributed by atoms with Gasteiger partial charge in [-0.15, -0.1) is 0 Å². The van der Waals surface area contributed by atoms with E-state index in [1.54, 1.807) is 12.1 Å². The number of benzene rings is 1. The standard InChI is InChI=1S/C15H24N2O3S/c1-15(12-18,17-10-3-8-16-9-11-17)13-4-6-14(7-5-13)21(2,19)20/h4-7,16,18H,3,8-12H2,1-2H3. The Bertz CT molecular complexity index is 563. The average molecular weight is 312 g/mol. The van der Waals surface area contributed by atoms with Crippen LogP contribution in [0.3, 0.4) is 0 Å². The molecule has 1 fully saturated rings. The molecule has 1 aromatic carbocycles. The fourth-order valence-electron chi connectivity index (χ4n) is 2.77. The van der Waals surface area contributed by atoms with Gasteiger partial charge in [0.15, 0.2) is 9.84 Å². The molecule has 0 spiro atoms. The molecule has 21 heavy (non-hydrogen) atoms. The molecular weight excluding hydrogens is 288 g/mol. The summed E-state index contributed by atoms with van der Waals surface area (Å²) in [5.41, 5.74) is 0.460. The largest absolute Gasteiger partial charge is 0.394 e. The lowest BCUT2D eigenvalue weighted by Gasteiger charge is -2.40. The van der Waals surface area contributed by atoms with Gasteiger partial charge >= 0.3 is 0 Å². The van der Waals surface area contributed by atoms with E-state index < -0.39 is 15.4 Å². The van der Waals surface area contributed by atoms with E-state index in [2.05, 4.69) is 10.2 Å². The number of hydrogen-bond donors (Lipinski definition) is 2. The number of nitrogens with one attached hydrogen (secondary N) is 1. The lowest BCUT2D eigenvalue weighted by Crippen LogP contribution is -2.48. The summed E-state index contributed by atoms with van der Waals surface area (Å²) in [6.45, 7) is 5.68. The first-order chi connectivity index (χ1) is 9.88. The third kappa shape index (κ3) is 3.63. The maximum absolute atomic E-state index is 11.5. The van der Waals surface area contributed by atoms with Crippen LogP contribution in [0.5, 0.6) is 0 Å². The van der Waals surface area contributed by atoms with E-state index in [1.807, 2.05) is 19.1 Å². The summed E-state index contributed by atoms with van der Waals surface area (Å²) >= 11 is 0. The smallest absolute Gasteiger partial charge is 0.175 e. The van der Waals surface area contributed by atoms with Crippen LogP contribution in [0.1, 0.15) is 18.9 Å². The topological polar surface area (TPSA) is 69.6 Å². The molecule has 0 aromatic heterocycles. The van der Waals surface area contributed by atoms with Crippen molar-refractivity contribution >= 4 is 9.84 Å². The average Bonchev–Trinajstić information content (AvgIpc) is 2.75. The first-order valence-electron chi connectivity index (χ1n) is 7.25. The normalized spacial score (nSPS) is 20.7. The van der Waals surface area contributed by atoms with Gasteiger partial charge in [0, 0.05) is 25.9 Å². The quantitative estimate of drug-likeness (QED) is 0.852. The second kappa shape index (κ2) is 6.44. The molecule has 2 N–H and O–H groups in total. The molecular formula is C15H24N2O3S. The molecule has 1 aromatic rings. The van der Waals surface area contributed by atoms with E-state index in [0.717, 1.165) is 38.2 Å². The van der Waals surface area contributed by atoms with Crippen molar-refractivity contribution in [2.24, 2.45) is 0 Å². The number of aliphatic hydroxyl groups is 1. The molecule has 0 bridgehead atoms. The van der Waals surface area contributed by atoms with Gasteiger partial charge in [-0.1, -0.05) is 12.1 Å². The first-order valence-corrected chi connectivity index (χ1v) is 9.14. The van der Waals surface area contributed by atoms with Gasteiger partial charge in [0.25, 0.3) is 0 Å². The van der Waals surface area contributed by atoms with Gasteiger partial charge in [-0.05, 0) is 37.6 Å². The van der Waals surface area contributed by atoms with Crippen molar-refractivity contribution < 1.29 is 13.5 Å². The number of hydrogen-bond acceptors (Lipinski definition) is 5. The lowest BCUT2D eigenvalue weighted by molar-refractivity contribution is 0.0452. The fraction of sp³-hybridized carbons (Fsp3) is 0.600. The van der Waals surface area contributed by atoms with Gasteiger partial charge in [-0.25, -0.2) is 8.42 Å². The lowest BCUT2D eigenvalue weighted by atomic mass is 9.90. The molecule has 0 aliphatic carbocycles. The van der Waals surface area contributed by atoms with E-state index in [0.29, 0.717) is 4.90 Å². The van der Waals surface area contributed by atoms with Crippen molar-refractivity contribution in [1.82, 2.24) is 10.2 Å². The van der Waals surface area contributed by atoms with Gasteiger partial charge in [0.1, 0.15) is 0 Å². The minimum Gasteiger partial charge on any atom is -0.394 e. The number of nitrogens with zero attached hydrogens (tertiary/aromatic N) is 1. The van der Waals surface area contributed by atoms with Crippen LogP contribution in [-0.2, 0) is 15.4 Å². The number of aliphatic hydroxyl groups excluding tert-OH is 1. The van der Waals surface area contributed by atoms with Gasteiger partial charge < -0.3 is 10.4 Å². The number of sulfone groups is 1. The minimum atomic E-state index is -3.19. The second-order valence-corrected chi connectivity index (χ2v) is 7.83. The summed E-state index contributed by atoms with van der Waals surface area (Å²) in [6, 6.07) is 6.86. The molecule has 1 heterocycles. The van der Waals surface area contributed by atoms with Crippen LogP contribution in [0.4, 0.5) is 0 Å². The zero-order valence-corrected chi connectivity index (χ0v) is 13.5. The molecule has 118 valence electrons. The number of rotatable bonds is 4. The Labute approximate surface area is 126 Å². The fourth-order valence-corrected chi connectivity index (χ4v) is 3.40. The molecule has 1 atom stereocenters. The van der Waals surface area contributed by atoms with Gasteiger partial charge in [0.2, 0.25) is 0 Å². The zero-order valence-electron chi connectivity index (χ0n) is 12.7. The van der Waals surface area contributed by atoms with Crippen molar-refractivity contribution in [2.75, 3.05) is 39.0 Å². The molecule has 0 saturated carbocycles. The van der Waals surface area contributed by atoms with Crippen molar-refractivity contribution in [2.45, 2.75) is 23.8 Å². The Hall–Kier alpha value is -0.950. The summed E-state index contributed by atoms with van der Waals surface area (Å²) in [4.78, 5) is 2.58. The third-order valence-corrected chi connectivity index (χ3v) is 5.38. The van der Waals surface area contributed by atoms with Crippen LogP contribution in [-0.4, -0.2) is 57.5 Å². The van der Waals surface area contributed by atoms with Crippen LogP contribution in [0.15, 0.2) is 29.2 Å². The summed E-state index contributed by atoms with van der Waals surface area (Å²) < 4.78 is 23.1. The Morgan fingerprint density at radius 2 is 1.90 bits per heavy atom. The zero-order chi connectivity index (χ0) is 15.5. The summed E-state index contributed by atoms with van der Waals surface area (Å²) in [7, 11) is -3.19. The highest BCUT2D eigenvalue weighted by molar-refractivity contribution is 7.90. The first kappa shape index (κ1) is 16.4. The van der Waals surface area contributed by atoms with Crippen molar-refractivity contribution in [3.05, 3.63) is 29.8 Å². The van der Waals surface area contributed by atoms with Crippen molar-refractivity contribution in [3.8, 4) is 0 Å². The molecule has 1 saturated heterocycles. The predicted octanol–water partition coefficient (Wildman–Crippen LogP) is 0.593. The van der Waals surface area contributed by atoms with E-state index in [9.17, 15) is 13.5 Å². The second-order valence-electron chi connectivity index (χ2n) is 5.82. The van der Waals surface area contributed by atoms with Crippen molar-refractivity contribution in [1.29, 1.82) is 0 Å². The monoisotopic (exact) mass is 312 g/mol. The highest BCUT2D eigenvalue weighted by atomic mass is 32.2. The summed E-state index contributed by atoms with van der Waals surface area (Å²) in [5.74, 6) is 0. The molecule has 1 aliphatic heterocycles. The molecule has 5 nitrogen and oxygen atoms in total. The Morgan fingerprint density at radius 3 is 2.48 bits per heavy atom. The van der Waals surface area contributed by atoms with Gasteiger partial charge in [0.05, 0.1) is 17.0 Å². The molecule has 2 rings (SSSR count). The Morgan fingerprint density at radius 1 is 1.24 bits per heavy atom. The third-order valence-electron chi connectivity index (χ3n) is 4.25. The van der Waals surface area contributed by atoms with Crippen LogP contribution in [0.25, 0.3) is 0 Å². The summed E-state index contributed by atoms with van der Waals surface area (Å²) in [5, 5.41) is 13.3. The van der Waals surface area contributed by atoms with E-state index in [1.165, 1.54) is 6.26 Å². The molecule has 0 radical (unpaired) electrons. The van der Waals surface area contributed by atoms with Gasteiger partial charge in [-0.2, -0.15) is 0 Å². The van der Waals surface area contributed by atoms with E-state index in [-0.39, 0.29) is 6.61 Å². The van der Waals surface area contributed by atoms with Crippen LogP contribution in [0.2, 0.25) is 0 Å². The highest BCUT2D eigenvalue weighted by Gasteiger charge is 2.33.